The molecule has 1 heterocycles. The topological polar surface area (TPSA) is 70.4 Å². The molecule has 4 N–H and O–H groups in total. The van der Waals surface area contributed by atoms with Crippen LogP contribution in [0.1, 0.15) is 12.8 Å². The van der Waals surface area contributed by atoms with Crippen molar-refractivity contribution < 1.29 is 4.79 Å². The fraction of sp³-hybridized carbons (Fsp3) is 0.750. The van der Waals surface area contributed by atoms with E-state index in [1.165, 1.54) is 0 Å². The highest BCUT2D eigenvalue weighted by atomic mass is 32.1. The van der Waals surface area contributed by atoms with E-state index in [1.807, 2.05) is 14.1 Å². The molecule has 0 aromatic carbocycles. The SMILES string of the molecule is CN(C)CCCC1(N)NC(=S)NC1=O. The van der Waals surface area contributed by atoms with Crippen molar-refractivity contribution in [3.8, 4) is 0 Å². The molecular formula is C8H16N4OS. The molecule has 1 fully saturated rings. The van der Waals surface area contributed by atoms with Gasteiger partial charge < -0.3 is 16.0 Å². The zero-order chi connectivity index (χ0) is 10.8. The van der Waals surface area contributed by atoms with E-state index in [1.54, 1.807) is 0 Å². The first-order valence-electron chi connectivity index (χ1n) is 4.51. The summed E-state index contributed by atoms with van der Waals surface area (Å²) in [4.78, 5) is 13.4. The van der Waals surface area contributed by atoms with E-state index in [0.29, 0.717) is 11.5 Å². The lowest BCUT2D eigenvalue weighted by atomic mass is 10.1. The maximum Gasteiger partial charge on any atom is 0.266 e. The quantitative estimate of drug-likeness (QED) is 0.525. The van der Waals surface area contributed by atoms with E-state index >= 15 is 0 Å². The standard InChI is InChI=1S/C8H16N4OS/c1-12(2)5-3-4-8(9)6(13)10-7(14)11-8/h3-5,9H2,1-2H3,(H2,10,11,13,14). The van der Waals surface area contributed by atoms with Crippen molar-refractivity contribution in [1.82, 2.24) is 15.5 Å². The van der Waals surface area contributed by atoms with E-state index in [4.69, 9.17) is 18.0 Å². The van der Waals surface area contributed by atoms with Gasteiger partial charge in [0.15, 0.2) is 10.8 Å². The first-order valence-corrected chi connectivity index (χ1v) is 4.92. The highest BCUT2D eigenvalue weighted by Crippen LogP contribution is 2.11. The molecular weight excluding hydrogens is 200 g/mol. The van der Waals surface area contributed by atoms with E-state index in [9.17, 15) is 4.79 Å². The van der Waals surface area contributed by atoms with E-state index in [0.717, 1.165) is 13.0 Å². The molecule has 0 bridgehead atoms. The third kappa shape index (κ3) is 2.63. The molecule has 0 aromatic heterocycles. The van der Waals surface area contributed by atoms with Crippen molar-refractivity contribution in [3.63, 3.8) is 0 Å². The number of nitrogens with two attached hydrogens (primary N) is 1. The number of hydrogen-bond donors (Lipinski definition) is 3. The molecule has 0 aliphatic carbocycles. The second-order valence-electron chi connectivity index (χ2n) is 3.79. The van der Waals surface area contributed by atoms with Gasteiger partial charge in [-0.25, -0.2) is 0 Å². The number of carbonyl (C=O) groups is 1. The van der Waals surface area contributed by atoms with Crippen LogP contribution in [0.5, 0.6) is 0 Å². The van der Waals surface area contributed by atoms with Crippen LogP contribution in [-0.4, -0.2) is 42.2 Å². The third-order valence-corrected chi connectivity index (χ3v) is 2.35. The number of hydrogen-bond acceptors (Lipinski definition) is 4. The number of thiocarbonyl (C=S) groups is 1. The van der Waals surface area contributed by atoms with Gasteiger partial charge in [0, 0.05) is 0 Å². The Hall–Kier alpha value is -0.720. The van der Waals surface area contributed by atoms with Crippen LogP contribution < -0.4 is 16.4 Å². The first-order chi connectivity index (χ1) is 6.44. The van der Waals surface area contributed by atoms with Gasteiger partial charge in [0.1, 0.15) is 0 Å². The van der Waals surface area contributed by atoms with Crippen molar-refractivity contribution in [2.24, 2.45) is 5.73 Å². The van der Waals surface area contributed by atoms with Gasteiger partial charge in [-0.15, -0.1) is 0 Å². The summed E-state index contributed by atoms with van der Waals surface area (Å²) in [5.74, 6) is -0.235. The molecule has 1 atom stereocenters. The van der Waals surface area contributed by atoms with Gasteiger partial charge in [-0.1, -0.05) is 0 Å². The Balaban J connectivity index is 2.42. The fourth-order valence-electron chi connectivity index (χ4n) is 1.36. The second kappa shape index (κ2) is 4.20. The fourth-order valence-corrected chi connectivity index (χ4v) is 1.63. The van der Waals surface area contributed by atoms with E-state index in [-0.39, 0.29) is 5.91 Å². The largest absolute Gasteiger partial charge is 0.337 e. The van der Waals surface area contributed by atoms with Crippen molar-refractivity contribution in [2.45, 2.75) is 18.5 Å². The first kappa shape index (κ1) is 11.4. The Bertz CT molecular complexity index is 256. The predicted octanol–water partition coefficient (Wildman–Crippen LogP) is -1.01. The van der Waals surface area contributed by atoms with Crippen LogP contribution in [-0.2, 0) is 4.79 Å². The van der Waals surface area contributed by atoms with Gasteiger partial charge in [0.25, 0.3) is 5.91 Å². The Morgan fingerprint density at radius 3 is 2.64 bits per heavy atom. The molecule has 6 heteroatoms. The Morgan fingerprint density at radius 2 is 2.21 bits per heavy atom. The number of nitrogens with one attached hydrogen (secondary N) is 2. The lowest BCUT2D eigenvalue weighted by Crippen LogP contribution is -2.55. The van der Waals surface area contributed by atoms with Crippen molar-refractivity contribution in [1.29, 1.82) is 0 Å². The molecule has 1 aliphatic heterocycles. The van der Waals surface area contributed by atoms with Crippen LogP contribution in [0, 0.1) is 0 Å². The summed E-state index contributed by atoms with van der Waals surface area (Å²) in [5, 5.41) is 5.59. The molecule has 1 rings (SSSR count). The lowest BCUT2D eigenvalue weighted by molar-refractivity contribution is -0.124. The Kier molecular flexibility index (Phi) is 3.41. The smallest absolute Gasteiger partial charge is 0.266 e. The molecule has 5 nitrogen and oxygen atoms in total. The molecule has 1 amide bonds. The maximum absolute atomic E-state index is 11.4. The van der Waals surface area contributed by atoms with Gasteiger partial charge in [0.05, 0.1) is 0 Å². The molecule has 1 unspecified atom stereocenters. The van der Waals surface area contributed by atoms with Crippen LogP contribution in [0.15, 0.2) is 0 Å². The van der Waals surface area contributed by atoms with Crippen LogP contribution in [0.4, 0.5) is 0 Å². The van der Waals surface area contributed by atoms with Crippen LogP contribution in [0.25, 0.3) is 0 Å². The summed E-state index contributed by atoms with van der Waals surface area (Å²) in [6.45, 7) is 0.903. The maximum atomic E-state index is 11.4. The summed E-state index contributed by atoms with van der Waals surface area (Å²) in [6.07, 6.45) is 1.43. The van der Waals surface area contributed by atoms with Crippen molar-refractivity contribution in [2.75, 3.05) is 20.6 Å². The van der Waals surface area contributed by atoms with Crippen LogP contribution in [0.2, 0.25) is 0 Å². The summed E-state index contributed by atoms with van der Waals surface area (Å²) in [5.41, 5.74) is 4.84. The van der Waals surface area contributed by atoms with Gasteiger partial charge in [0.2, 0.25) is 0 Å². The average Bonchev–Trinajstić information content (AvgIpc) is 2.25. The van der Waals surface area contributed by atoms with Gasteiger partial charge in [-0.3, -0.25) is 10.1 Å². The molecule has 1 saturated heterocycles. The van der Waals surface area contributed by atoms with Crippen molar-refractivity contribution >= 4 is 23.2 Å². The van der Waals surface area contributed by atoms with E-state index < -0.39 is 5.66 Å². The molecule has 1 aliphatic rings. The Labute approximate surface area is 89.0 Å². The Morgan fingerprint density at radius 1 is 1.57 bits per heavy atom. The molecule has 80 valence electrons. The van der Waals surface area contributed by atoms with Gasteiger partial charge in [-0.2, -0.15) is 0 Å². The third-order valence-electron chi connectivity index (χ3n) is 2.15. The zero-order valence-corrected chi connectivity index (χ0v) is 9.28. The molecule has 0 aromatic rings. The minimum absolute atomic E-state index is 0.235. The summed E-state index contributed by atoms with van der Waals surface area (Å²) < 4.78 is 0. The second-order valence-corrected chi connectivity index (χ2v) is 4.19. The highest BCUT2D eigenvalue weighted by molar-refractivity contribution is 7.80. The molecule has 0 spiro atoms. The molecule has 0 radical (unpaired) electrons. The number of nitrogens with zero attached hydrogens (tertiary/aromatic N) is 1. The monoisotopic (exact) mass is 216 g/mol. The van der Waals surface area contributed by atoms with Gasteiger partial charge >= 0.3 is 0 Å². The minimum atomic E-state index is -1.01. The molecule has 0 saturated carbocycles. The molecule has 14 heavy (non-hydrogen) atoms. The van der Waals surface area contributed by atoms with Gasteiger partial charge in [-0.05, 0) is 45.7 Å². The summed E-state index contributed by atoms with van der Waals surface area (Å²) in [7, 11) is 3.96. The van der Waals surface area contributed by atoms with Crippen LogP contribution in [0.3, 0.4) is 0 Å². The predicted molar refractivity (Wildman–Crippen MR) is 58.6 cm³/mol. The summed E-state index contributed by atoms with van der Waals surface area (Å²) >= 11 is 4.81. The van der Waals surface area contributed by atoms with E-state index in [2.05, 4.69) is 15.5 Å². The highest BCUT2D eigenvalue weighted by Gasteiger charge is 2.40. The lowest BCUT2D eigenvalue weighted by Gasteiger charge is -2.21. The number of rotatable bonds is 4. The average molecular weight is 216 g/mol. The van der Waals surface area contributed by atoms with Crippen molar-refractivity contribution in [3.05, 3.63) is 0 Å². The number of amides is 1. The van der Waals surface area contributed by atoms with Crippen LogP contribution >= 0.6 is 12.2 Å². The number of carbonyl (C=O) groups excluding carboxylic acids is 1. The minimum Gasteiger partial charge on any atom is -0.337 e. The zero-order valence-electron chi connectivity index (χ0n) is 8.46. The summed E-state index contributed by atoms with van der Waals surface area (Å²) in [6, 6.07) is 0. The normalized spacial score (nSPS) is 26.6.